The van der Waals surface area contributed by atoms with Crippen molar-refractivity contribution in [3.8, 4) is 11.3 Å². The quantitative estimate of drug-likeness (QED) is 0.802. The van der Waals surface area contributed by atoms with Gasteiger partial charge >= 0.3 is 5.97 Å². The second kappa shape index (κ2) is 7.09. The maximum Gasteiger partial charge on any atom is 0.356 e. The van der Waals surface area contributed by atoms with Gasteiger partial charge in [0.25, 0.3) is 5.91 Å². The number of nitrogens with zero attached hydrogens (tertiary/aromatic N) is 1. The molecule has 2 N–H and O–H groups in total. The van der Waals surface area contributed by atoms with Gasteiger partial charge in [-0.2, -0.15) is 5.10 Å². The molecule has 0 spiro atoms. The lowest BCUT2D eigenvalue weighted by Gasteiger charge is -2.24. The molecule has 0 unspecified atom stereocenters. The van der Waals surface area contributed by atoms with Crippen LogP contribution >= 0.6 is 0 Å². The average Bonchev–Trinajstić information content (AvgIpc) is 3.03. The molecule has 0 aliphatic carbocycles. The van der Waals surface area contributed by atoms with Crippen molar-refractivity contribution in [3.63, 3.8) is 0 Å². The van der Waals surface area contributed by atoms with E-state index in [-0.39, 0.29) is 23.7 Å². The summed E-state index contributed by atoms with van der Waals surface area (Å²) < 4.78 is 5.01. The predicted octanol–water partition coefficient (Wildman–Crippen LogP) is 2.54. The van der Waals surface area contributed by atoms with Crippen LogP contribution in [0.3, 0.4) is 0 Å². The molecule has 1 heterocycles. The van der Waals surface area contributed by atoms with Gasteiger partial charge in [-0.1, -0.05) is 37.3 Å². The van der Waals surface area contributed by atoms with Crippen LogP contribution in [-0.4, -0.2) is 34.2 Å². The molecule has 6 heteroatoms. The van der Waals surface area contributed by atoms with E-state index in [4.69, 9.17) is 4.74 Å². The molecular weight excluding hydrogens is 294 g/mol. The zero-order valence-electron chi connectivity index (χ0n) is 13.6. The van der Waals surface area contributed by atoms with Crippen molar-refractivity contribution in [2.24, 2.45) is 0 Å². The van der Waals surface area contributed by atoms with Crippen molar-refractivity contribution < 1.29 is 14.3 Å². The minimum absolute atomic E-state index is 0.214. The van der Waals surface area contributed by atoms with Gasteiger partial charge in [0.2, 0.25) is 0 Å². The Bertz CT molecular complexity index is 677. The Kier molecular flexibility index (Phi) is 5.16. The first-order valence-electron chi connectivity index (χ1n) is 7.50. The smallest absolute Gasteiger partial charge is 0.356 e. The van der Waals surface area contributed by atoms with Gasteiger partial charge in [0.1, 0.15) is 5.69 Å². The number of aromatic amines is 1. The van der Waals surface area contributed by atoms with E-state index in [2.05, 4.69) is 15.5 Å². The zero-order chi connectivity index (χ0) is 16.9. The zero-order valence-corrected chi connectivity index (χ0v) is 13.6. The number of hydrogen-bond acceptors (Lipinski definition) is 4. The summed E-state index contributed by atoms with van der Waals surface area (Å²) >= 11 is 0. The third-order valence-electron chi connectivity index (χ3n) is 3.56. The van der Waals surface area contributed by atoms with E-state index in [1.54, 1.807) is 6.07 Å². The summed E-state index contributed by atoms with van der Waals surface area (Å²) in [5, 5.41) is 9.51. The molecule has 122 valence electrons. The van der Waals surface area contributed by atoms with E-state index in [0.29, 0.717) is 5.69 Å². The van der Waals surface area contributed by atoms with Crippen LogP contribution in [-0.2, 0) is 9.53 Å². The Labute approximate surface area is 135 Å². The molecule has 0 aliphatic heterocycles. The molecule has 23 heavy (non-hydrogen) atoms. The summed E-state index contributed by atoms with van der Waals surface area (Å²) in [5.74, 6) is -0.933. The molecular formula is C17H21N3O3. The monoisotopic (exact) mass is 315 g/mol. The number of nitrogens with one attached hydrogen (secondary N) is 2. The van der Waals surface area contributed by atoms with E-state index in [9.17, 15) is 9.59 Å². The maximum atomic E-state index is 12.0. The van der Waals surface area contributed by atoms with Gasteiger partial charge < -0.3 is 10.1 Å². The van der Waals surface area contributed by atoms with E-state index in [0.717, 1.165) is 12.0 Å². The summed E-state index contributed by atoms with van der Waals surface area (Å²) in [6, 6.07) is 11.1. The highest BCUT2D eigenvalue weighted by atomic mass is 16.5. The van der Waals surface area contributed by atoms with Crippen LogP contribution in [0, 0.1) is 0 Å². The maximum absolute atomic E-state index is 12.0. The van der Waals surface area contributed by atoms with Gasteiger partial charge in [0.15, 0.2) is 6.61 Å². The number of rotatable bonds is 6. The molecule has 6 nitrogen and oxygen atoms in total. The van der Waals surface area contributed by atoms with E-state index < -0.39 is 5.97 Å². The van der Waals surface area contributed by atoms with Crippen molar-refractivity contribution in [1.82, 2.24) is 15.5 Å². The average molecular weight is 315 g/mol. The van der Waals surface area contributed by atoms with E-state index in [1.165, 1.54) is 0 Å². The molecule has 2 rings (SSSR count). The van der Waals surface area contributed by atoms with Crippen LogP contribution in [0.5, 0.6) is 0 Å². The second-order valence-electron chi connectivity index (χ2n) is 5.89. The van der Waals surface area contributed by atoms with Gasteiger partial charge in [-0.3, -0.25) is 9.89 Å². The highest BCUT2D eigenvalue weighted by Crippen LogP contribution is 2.17. The molecule has 0 saturated carbocycles. The Morgan fingerprint density at radius 3 is 2.61 bits per heavy atom. The third-order valence-corrected chi connectivity index (χ3v) is 3.56. The standard InChI is InChI=1S/C17H21N3O3/c1-4-17(2,3)18-15(21)11-23-16(22)14-10-13(19-20-14)12-8-6-5-7-9-12/h5-10H,4,11H2,1-3H3,(H,18,21)(H,19,20). The Balaban J connectivity index is 1.92. The lowest BCUT2D eigenvalue weighted by atomic mass is 10.0. The van der Waals surface area contributed by atoms with Crippen molar-refractivity contribution in [2.45, 2.75) is 32.7 Å². The largest absolute Gasteiger partial charge is 0.451 e. The first-order chi connectivity index (χ1) is 10.9. The first-order valence-corrected chi connectivity index (χ1v) is 7.50. The van der Waals surface area contributed by atoms with Crippen molar-refractivity contribution in [1.29, 1.82) is 0 Å². The highest BCUT2D eigenvalue weighted by molar-refractivity contribution is 5.90. The number of benzene rings is 1. The molecule has 1 aromatic carbocycles. The molecule has 0 fully saturated rings. The SMILES string of the molecule is CCC(C)(C)NC(=O)COC(=O)c1cc(-c2ccccc2)n[nH]1. The molecule has 0 atom stereocenters. The second-order valence-corrected chi connectivity index (χ2v) is 5.89. The van der Waals surface area contributed by atoms with E-state index >= 15 is 0 Å². The van der Waals surface area contributed by atoms with Gasteiger partial charge in [-0.25, -0.2) is 4.79 Å². The molecule has 0 saturated heterocycles. The van der Waals surface area contributed by atoms with E-state index in [1.807, 2.05) is 51.1 Å². The van der Waals surface area contributed by atoms with Crippen LogP contribution in [0.1, 0.15) is 37.7 Å². The van der Waals surface area contributed by atoms with Gasteiger partial charge in [0, 0.05) is 11.1 Å². The highest BCUT2D eigenvalue weighted by Gasteiger charge is 2.19. The summed E-state index contributed by atoms with van der Waals surface area (Å²) in [6.45, 7) is 5.48. The minimum atomic E-state index is -0.607. The number of carbonyl (C=O) groups is 2. The van der Waals surface area contributed by atoms with Crippen molar-refractivity contribution >= 4 is 11.9 Å². The summed E-state index contributed by atoms with van der Waals surface area (Å²) in [5.41, 5.74) is 1.43. The van der Waals surface area contributed by atoms with Gasteiger partial charge in [-0.15, -0.1) is 0 Å². The normalized spacial score (nSPS) is 11.1. The Morgan fingerprint density at radius 2 is 1.96 bits per heavy atom. The molecule has 2 aromatic rings. The first kappa shape index (κ1) is 16.7. The van der Waals surface area contributed by atoms with Gasteiger partial charge in [0.05, 0.1) is 5.69 Å². The predicted molar refractivity (Wildman–Crippen MR) is 86.8 cm³/mol. The lowest BCUT2D eigenvalue weighted by molar-refractivity contribution is -0.125. The van der Waals surface area contributed by atoms with Crippen molar-refractivity contribution in [2.75, 3.05) is 6.61 Å². The number of H-pyrrole nitrogens is 1. The van der Waals surface area contributed by atoms with Crippen molar-refractivity contribution in [3.05, 3.63) is 42.1 Å². The fourth-order valence-corrected chi connectivity index (χ4v) is 1.89. The van der Waals surface area contributed by atoms with Crippen LogP contribution < -0.4 is 5.32 Å². The molecule has 1 amide bonds. The summed E-state index contributed by atoms with van der Waals surface area (Å²) in [6.07, 6.45) is 0.785. The number of hydrogen-bond donors (Lipinski definition) is 2. The van der Waals surface area contributed by atoms with Gasteiger partial charge in [-0.05, 0) is 26.3 Å². The Morgan fingerprint density at radius 1 is 1.26 bits per heavy atom. The summed E-state index contributed by atoms with van der Waals surface area (Å²) in [4.78, 5) is 23.7. The molecule has 0 bridgehead atoms. The molecule has 1 aromatic heterocycles. The van der Waals surface area contributed by atoms with Crippen LogP contribution in [0.4, 0.5) is 0 Å². The van der Waals surface area contributed by atoms with Crippen LogP contribution in [0.2, 0.25) is 0 Å². The number of amides is 1. The number of aromatic nitrogens is 2. The molecule has 0 radical (unpaired) electrons. The topological polar surface area (TPSA) is 84.1 Å². The van der Waals surface area contributed by atoms with Crippen LogP contribution in [0.25, 0.3) is 11.3 Å². The lowest BCUT2D eigenvalue weighted by Crippen LogP contribution is -2.44. The number of ether oxygens (including phenoxy) is 1. The number of esters is 1. The summed E-state index contributed by atoms with van der Waals surface area (Å²) in [7, 11) is 0. The third kappa shape index (κ3) is 4.67. The fraction of sp³-hybridized carbons (Fsp3) is 0.353. The number of carbonyl (C=O) groups excluding carboxylic acids is 2. The van der Waals surface area contributed by atoms with Crippen LogP contribution in [0.15, 0.2) is 36.4 Å². The minimum Gasteiger partial charge on any atom is -0.451 e. The fourth-order valence-electron chi connectivity index (χ4n) is 1.89. The molecule has 0 aliphatic rings. The Hall–Kier alpha value is -2.63.